The Labute approximate surface area is 294 Å². The third-order valence-electron chi connectivity index (χ3n) is 10.0. The molecule has 0 bridgehead atoms. The SMILES string of the molecule is c1cc(-c2cccc3ccccc23)cc(N(c2cccc(-c3cccc4c3ccc3ccccc34)c2)c2ccc3c(c2)sc2ccccc23)c1. The second-order valence-electron chi connectivity index (χ2n) is 12.9. The van der Waals surface area contributed by atoms with Crippen LogP contribution in [-0.4, -0.2) is 0 Å². The summed E-state index contributed by atoms with van der Waals surface area (Å²) >= 11 is 1.86. The van der Waals surface area contributed by atoms with E-state index in [1.165, 1.54) is 74.7 Å². The van der Waals surface area contributed by atoms with Crippen molar-refractivity contribution in [3.8, 4) is 22.3 Å². The van der Waals surface area contributed by atoms with Crippen LogP contribution in [0.4, 0.5) is 17.1 Å². The molecular formula is C48H31NS. The van der Waals surface area contributed by atoms with Crippen molar-refractivity contribution < 1.29 is 0 Å². The van der Waals surface area contributed by atoms with Gasteiger partial charge in [0.05, 0.1) is 0 Å². The van der Waals surface area contributed by atoms with E-state index in [9.17, 15) is 0 Å². The van der Waals surface area contributed by atoms with Crippen LogP contribution < -0.4 is 4.90 Å². The fourth-order valence-corrected chi connectivity index (χ4v) is 8.83. The molecule has 0 aliphatic heterocycles. The van der Waals surface area contributed by atoms with E-state index in [2.05, 4.69) is 193 Å². The van der Waals surface area contributed by atoms with Crippen molar-refractivity contribution in [1.29, 1.82) is 0 Å². The van der Waals surface area contributed by atoms with Gasteiger partial charge in [-0.25, -0.2) is 0 Å². The minimum atomic E-state index is 1.12. The normalized spacial score (nSPS) is 11.6. The van der Waals surface area contributed by atoms with Gasteiger partial charge in [-0.15, -0.1) is 11.3 Å². The summed E-state index contributed by atoms with van der Waals surface area (Å²) in [5.74, 6) is 0. The summed E-state index contributed by atoms with van der Waals surface area (Å²) in [7, 11) is 0. The molecule has 0 saturated carbocycles. The molecule has 0 aliphatic rings. The summed E-state index contributed by atoms with van der Waals surface area (Å²) in [5.41, 5.74) is 8.25. The van der Waals surface area contributed by atoms with Crippen LogP contribution in [-0.2, 0) is 0 Å². The summed E-state index contributed by atoms with van der Waals surface area (Å²) in [5, 5.41) is 10.2. The number of thiophene rings is 1. The number of anilines is 3. The summed E-state index contributed by atoms with van der Waals surface area (Å²) in [6.45, 7) is 0. The zero-order chi connectivity index (χ0) is 33.0. The minimum Gasteiger partial charge on any atom is -0.310 e. The first-order chi connectivity index (χ1) is 24.8. The number of fused-ring (bicyclic) bond motifs is 7. The average Bonchev–Trinajstić information content (AvgIpc) is 3.56. The number of hydrogen-bond acceptors (Lipinski definition) is 2. The lowest BCUT2D eigenvalue weighted by Crippen LogP contribution is -2.10. The second kappa shape index (κ2) is 11.7. The van der Waals surface area contributed by atoms with E-state index in [0.717, 1.165) is 17.1 Å². The van der Waals surface area contributed by atoms with Gasteiger partial charge in [-0.05, 0) is 97.0 Å². The monoisotopic (exact) mass is 653 g/mol. The molecule has 234 valence electrons. The summed E-state index contributed by atoms with van der Waals surface area (Å²) in [4.78, 5) is 2.42. The Bertz CT molecular complexity index is 2890. The van der Waals surface area contributed by atoms with Crippen LogP contribution in [0, 0.1) is 0 Å². The number of rotatable bonds is 5. The maximum absolute atomic E-state index is 2.42. The van der Waals surface area contributed by atoms with Crippen LogP contribution in [0.15, 0.2) is 188 Å². The first-order valence-corrected chi connectivity index (χ1v) is 17.9. The van der Waals surface area contributed by atoms with Crippen LogP contribution in [0.2, 0.25) is 0 Å². The molecule has 1 heterocycles. The third-order valence-corrected chi connectivity index (χ3v) is 11.2. The van der Waals surface area contributed by atoms with Crippen molar-refractivity contribution in [3.63, 3.8) is 0 Å². The minimum absolute atomic E-state index is 1.12. The zero-order valence-electron chi connectivity index (χ0n) is 27.3. The average molecular weight is 654 g/mol. The molecule has 9 aromatic carbocycles. The molecule has 0 aliphatic carbocycles. The summed E-state index contributed by atoms with van der Waals surface area (Å²) in [6, 6.07) is 68.8. The largest absolute Gasteiger partial charge is 0.310 e. The molecule has 1 aromatic heterocycles. The molecule has 0 fully saturated rings. The Balaban J connectivity index is 1.17. The first kappa shape index (κ1) is 28.8. The maximum atomic E-state index is 2.42. The standard InChI is InChI=1S/C48H31NS/c1-3-18-39-32(11-1)13-9-21-41(39)34-14-7-16-36(29-34)49(38-26-28-46-45-20-5-6-24-47(45)50-48(46)31-38)37-17-8-15-35(30-37)42-22-10-23-43-40-19-4-2-12-33(40)25-27-44(42)43/h1-31H. The van der Waals surface area contributed by atoms with Gasteiger partial charge in [0.1, 0.15) is 0 Å². The van der Waals surface area contributed by atoms with E-state index in [0.29, 0.717) is 0 Å². The zero-order valence-corrected chi connectivity index (χ0v) is 28.1. The highest BCUT2D eigenvalue weighted by Crippen LogP contribution is 2.43. The molecule has 50 heavy (non-hydrogen) atoms. The number of hydrogen-bond donors (Lipinski definition) is 0. The Morgan fingerprint density at radius 1 is 0.300 bits per heavy atom. The first-order valence-electron chi connectivity index (χ1n) is 17.1. The van der Waals surface area contributed by atoms with E-state index in [-0.39, 0.29) is 0 Å². The molecule has 1 nitrogen and oxygen atoms in total. The van der Waals surface area contributed by atoms with E-state index in [1.807, 2.05) is 11.3 Å². The van der Waals surface area contributed by atoms with Crippen molar-refractivity contribution in [3.05, 3.63) is 188 Å². The van der Waals surface area contributed by atoms with Crippen molar-refractivity contribution in [2.75, 3.05) is 4.90 Å². The lowest BCUT2D eigenvalue weighted by molar-refractivity contribution is 1.29. The van der Waals surface area contributed by atoms with Gasteiger partial charge in [-0.2, -0.15) is 0 Å². The second-order valence-corrected chi connectivity index (χ2v) is 14.0. The maximum Gasteiger partial charge on any atom is 0.0476 e. The summed E-state index contributed by atoms with van der Waals surface area (Å²) in [6.07, 6.45) is 0. The van der Waals surface area contributed by atoms with Crippen molar-refractivity contribution >= 4 is 80.9 Å². The summed E-state index contributed by atoms with van der Waals surface area (Å²) < 4.78 is 2.60. The van der Waals surface area contributed by atoms with E-state index in [1.54, 1.807) is 0 Å². The van der Waals surface area contributed by atoms with E-state index in [4.69, 9.17) is 0 Å². The Morgan fingerprint density at radius 2 is 0.820 bits per heavy atom. The van der Waals surface area contributed by atoms with Gasteiger partial charge >= 0.3 is 0 Å². The van der Waals surface area contributed by atoms with E-state index < -0.39 is 0 Å². The molecule has 0 amide bonds. The van der Waals surface area contributed by atoms with Crippen molar-refractivity contribution in [2.45, 2.75) is 0 Å². The highest BCUT2D eigenvalue weighted by Gasteiger charge is 2.17. The highest BCUT2D eigenvalue weighted by atomic mass is 32.1. The molecule has 0 spiro atoms. The molecule has 0 radical (unpaired) electrons. The fourth-order valence-electron chi connectivity index (χ4n) is 7.70. The van der Waals surface area contributed by atoms with Crippen LogP contribution in [0.25, 0.3) is 74.7 Å². The van der Waals surface area contributed by atoms with Gasteiger partial charge in [-0.1, -0.05) is 146 Å². The van der Waals surface area contributed by atoms with Crippen LogP contribution in [0.3, 0.4) is 0 Å². The molecule has 10 aromatic rings. The van der Waals surface area contributed by atoms with Crippen molar-refractivity contribution in [1.82, 2.24) is 0 Å². The lowest BCUT2D eigenvalue weighted by Gasteiger charge is -2.27. The Morgan fingerprint density at radius 3 is 1.60 bits per heavy atom. The topological polar surface area (TPSA) is 3.24 Å². The lowest BCUT2D eigenvalue weighted by atomic mass is 9.94. The molecule has 0 saturated heterocycles. The molecule has 0 atom stereocenters. The van der Waals surface area contributed by atoms with Gasteiger partial charge in [0.25, 0.3) is 0 Å². The van der Waals surface area contributed by atoms with Gasteiger partial charge in [0.15, 0.2) is 0 Å². The molecule has 2 heteroatoms. The predicted octanol–water partition coefficient (Wildman–Crippen LogP) is 14.3. The van der Waals surface area contributed by atoms with Crippen LogP contribution >= 0.6 is 11.3 Å². The van der Waals surface area contributed by atoms with Gasteiger partial charge in [-0.3, -0.25) is 0 Å². The van der Waals surface area contributed by atoms with Crippen LogP contribution in [0.1, 0.15) is 0 Å². The van der Waals surface area contributed by atoms with Crippen molar-refractivity contribution in [2.24, 2.45) is 0 Å². The van der Waals surface area contributed by atoms with Crippen LogP contribution in [0.5, 0.6) is 0 Å². The highest BCUT2D eigenvalue weighted by molar-refractivity contribution is 7.25. The Hall–Kier alpha value is -6.22. The quantitative estimate of drug-likeness (QED) is 0.167. The molecular weight excluding hydrogens is 623 g/mol. The van der Waals surface area contributed by atoms with Gasteiger partial charge in [0.2, 0.25) is 0 Å². The third kappa shape index (κ3) is 4.76. The molecule has 0 unspecified atom stereocenters. The molecule has 0 N–H and O–H groups in total. The number of benzene rings is 9. The fraction of sp³-hybridized carbons (Fsp3) is 0. The number of nitrogens with zero attached hydrogens (tertiary/aromatic N) is 1. The van der Waals surface area contributed by atoms with Gasteiger partial charge < -0.3 is 4.90 Å². The Kier molecular flexibility index (Phi) is 6.75. The smallest absolute Gasteiger partial charge is 0.0476 e. The van der Waals surface area contributed by atoms with E-state index >= 15 is 0 Å². The molecule has 10 rings (SSSR count). The predicted molar refractivity (Wildman–Crippen MR) is 217 cm³/mol. The van der Waals surface area contributed by atoms with Gasteiger partial charge in [0, 0.05) is 37.2 Å².